The fourth-order valence-electron chi connectivity index (χ4n) is 2.67. The molecular formula is C16H26N2O. The average Bonchev–Trinajstić information content (AvgIpc) is 2.42. The Balaban J connectivity index is 2.08. The highest BCUT2D eigenvalue weighted by Crippen LogP contribution is 2.23. The molecule has 0 saturated carbocycles. The minimum Gasteiger partial charge on any atom is -0.394 e. The van der Waals surface area contributed by atoms with E-state index < -0.39 is 0 Å². The molecule has 0 bridgehead atoms. The summed E-state index contributed by atoms with van der Waals surface area (Å²) in [5.41, 5.74) is 2.59. The Hall–Kier alpha value is -0.900. The first-order valence-electron chi connectivity index (χ1n) is 7.25. The van der Waals surface area contributed by atoms with Gasteiger partial charge < -0.3 is 10.0 Å². The normalized spacial score (nSPS) is 19.8. The Morgan fingerprint density at radius 1 is 1.00 bits per heavy atom. The number of hydrogen-bond acceptors (Lipinski definition) is 3. The van der Waals surface area contributed by atoms with E-state index in [0.717, 1.165) is 26.2 Å². The molecule has 1 aromatic rings. The molecule has 1 fully saturated rings. The monoisotopic (exact) mass is 262 g/mol. The quantitative estimate of drug-likeness (QED) is 0.900. The predicted octanol–water partition coefficient (Wildman–Crippen LogP) is 2.09. The van der Waals surface area contributed by atoms with Gasteiger partial charge in [0.25, 0.3) is 0 Å². The van der Waals surface area contributed by atoms with Crippen LogP contribution < -0.4 is 0 Å². The summed E-state index contributed by atoms with van der Waals surface area (Å²) >= 11 is 0. The van der Waals surface area contributed by atoms with Crippen molar-refractivity contribution in [1.82, 2.24) is 9.80 Å². The van der Waals surface area contributed by atoms with Crippen LogP contribution in [0.25, 0.3) is 0 Å². The van der Waals surface area contributed by atoms with Crippen LogP contribution in [0.4, 0.5) is 0 Å². The lowest BCUT2D eigenvalue weighted by atomic mass is 9.98. The van der Waals surface area contributed by atoms with Crippen LogP contribution in [0.2, 0.25) is 0 Å². The molecule has 1 atom stereocenters. The predicted molar refractivity (Wildman–Crippen MR) is 79.4 cm³/mol. The van der Waals surface area contributed by atoms with Gasteiger partial charge in [-0.3, -0.25) is 4.90 Å². The second-order valence-corrected chi connectivity index (χ2v) is 5.86. The number of hydrogen-bond donors (Lipinski definition) is 1. The standard InChI is InChI=1S/C16H26N2O/c1-13(2)14-4-6-15(7-5-14)16(12-19)18-10-8-17(3)9-11-18/h4-7,13,16,19H,8-12H2,1-3H3. The van der Waals surface area contributed by atoms with Crippen molar-refractivity contribution in [1.29, 1.82) is 0 Å². The number of nitrogens with zero attached hydrogens (tertiary/aromatic N) is 2. The zero-order chi connectivity index (χ0) is 13.8. The van der Waals surface area contributed by atoms with E-state index in [9.17, 15) is 5.11 Å². The van der Waals surface area contributed by atoms with Crippen molar-refractivity contribution in [2.24, 2.45) is 0 Å². The van der Waals surface area contributed by atoms with Crippen LogP contribution in [-0.2, 0) is 0 Å². The van der Waals surface area contributed by atoms with Gasteiger partial charge in [0.2, 0.25) is 0 Å². The Bertz CT molecular complexity index is 380. The lowest BCUT2D eigenvalue weighted by Gasteiger charge is -2.37. The molecule has 0 spiro atoms. The number of likely N-dealkylation sites (N-methyl/N-ethyl adjacent to an activating group) is 1. The van der Waals surface area contributed by atoms with Gasteiger partial charge in [0.15, 0.2) is 0 Å². The third-order valence-corrected chi connectivity index (χ3v) is 4.14. The molecule has 0 radical (unpaired) electrons. The van der Waals surface area contributed by atoms with Gasteiger partial charge in [0.05, 0.1) is 12.6 Å². The van der Waals surface area contributed by atoms with Gasteiger partial charge in [0.1, 0.15) is 0 Å². The van der Waals surface area contributed by atoms with E-state index in [2.05, 4.69) is 55.0 Å². The molecule has 19 heavy (non-hydrogen) atoms. The van der Waals surface area contributed by atoms with Crippen molar-refractivity contribution >= 4 is 0 Å². The number of aliphatic hydroxyl groups excluding tert-OH is 1. The Morgan fingerprint density at radius 2 is 1.53 bits per heavy atom. The third kappa shape index (κ3) is 3.56. The maximum atomic E-state index is 9.72. The second kappa shape index (κ2) is 6.51. The van der Waals surface area contributed by atoms with Gasteiger partial charge >= 0.3 is 0 Å². The first-order chi connectivity index (χ1) is 9.11. The summed E-state index contributed by atoms with van der Waals surface area (Å²) in [5, 5.41) is 9.72. The van der Waals surface area contributed by atoms with E-state index in [1.54, 1.807) is 0 Å². The molecule has 1 aliphatic heterocycles. The summed E-state index contributed by atoms with van der Waals surface area (Å²) < 4.78 is 0. The number of rotatable bonds is 4. The van der Waals surface area contributed by atoms with Crippen LogP contribution in [0.15, 0.2) is 24.3 Å². The largest absolute Gasteiger partial charge is 0.394 e. The minimum absolute atomic E-state index is 0.148. The summed E-state index contributed by atoms with van der Waals surface area (Å²) in [4.78, 5) is 4.73. The summed E-state index contributed by atoms with van der Waals surface area (Å²) in [5.74, 6) is 0.560. The van der Waals surface area contributed by atoms with Crippen LogP contribution in [0, 0.1) is 0 Å². The van der Waals surface area contributed by atoms with Crippen LogP contribution in [0.3, 0.4) is 0 Å². The molecule has 1 aliphatic rings. The molecule has 3 heteroatoms. The topological polar surface area (TPSA) is 26.7 Å². The fourth-order valence-corrected chi connectivity index (χ4v) is 2.67. The highest BCUT2D eigenvalue weighted by Gasteiger charge is 2.23. The van der Waals surface area contributed by atoms with Crippen molar-refractivity contribution < 1.29 is 5.11 Å². The molecule has 3 nitrogen and oxygen atoms in total. The van der Waals surface area contributed by atoms with Gasteiger partial charge in [-0.05, 0) is 24.1 Å². The van der Waals surface area contributed by atoms with Gasteiger partial charge in [-0.1, -0.05) is 38.1 Å². The van der Waals surface area contributed by atoms with Crippen molar-refractivity contribution in [3.05, 3.63) is 35.4 Å². The van der Waals surface area contributed by atoms with Crippen LogP contribution in [0.1, 0.15) is 36.9 Å². The van der Waals surface area contributed by atoms with E-state index in [4.69, 9.17) is 0 Å². The molecule has 2 rings (SSSR count). The van der Waals surface area contributed by atoms with E-state index in [1.807, 2.05) is 0 Å². The van der Waals surface area contributed by atoms with Crippen molar-refractivity contribution in [2.45, 2.75) is 25.8 Å². The molecule has 1 aromatic carbocycles. The maximum Gasteiger partial charge on any atom is 0.0628 e. The van der Waals surface area contributed by atoms with Crippen molar-refractivity contribution in [2.75, 3.05) is 39.8 Å². The van der Waals surface area contributed by atoms with Crippen LogP contribution in [0.5, 0.6) is 0 Å². The van der Waals surface area contributed by atoms with Gasteiger partial charge in [-0.25, -0.2) is 0 Å². The highest BCUT2D eigenvalue weighted by molar-refractivity contribution is 5.27. The molecule has 1 N–H and O–H groups in total. The molecule has 1 saturated heterocycles. The molecule has 0 aliphatic carbocycles. The summed E-state index contributed by atoms with van der Waals surface area (Å²) in [6.07, 6.45) is 0. The molecule has 0 amide bonds. The van der Waals surface area contributed by atoms with Crippen molar-refractivity contribution in [3.63, 3.8) is 0 Å². The zero-order valence-electron chi connectivity index (χ0n) is 12.3. The highest BCUT2D eigenvalue weighted by atomic mass is 16.3. The molecule has 1 heterocycles. The van der Waals surface area contributed by atoms with Crippen LogP contribution in [-0.4, -0.2) is 54.7 Å². The zero-order valence-corrected chi connectivity index (χ0v) is 12.3. The summed E-state index contributed by atoms with van der Waals surface area (Å²) in [6.45, 7) is 8.85. The van der Waals surface area contributed by atoms with E-state index in [0.29, 0.717) is 5.92 Å². The van der Waals surface area contributed by atoms with Crippen LogP contribution >= 0.6 is 0 Å². The van der Waals surface area contributed by atoms with Gasteiger partial charge in [-0.15, -0.1) is 0 Å². The molecule has 0 aromatic heterocycles. The van der Waals surface area contributed by atoms with E-state index in [1.165, 1.54) is 11.1 Å². The summed E-state index contributed by atoms with van der Waals surface area (Å²) in [7, 11) is 2.16. The van der Waals surface area contributed by atoms with Crippen molar-refractivity contribution in [3.8, 4) is 0 Å². The van der Waals surface area contributed by atoms with E-state index in [-0.39, 0.29) is 12.6 Å². The number of benzene rings is 1. The smallest absolute Gasteiger partial charge is 0.0628 e. The first-order valence-corrected chi connectivity index (χ1v) is 7.25. The molecule has 106 valence electrons. The first kappa shape index (κ1) is 14.5. The lowest BCUT2D eigenvalue weighted by Crippen LogP contribution is -2.46. The number of piperazine rings is 1. The second-order valence-electron chi connectivity index (χ2n) is 5.86. The lowest BCUT2D eigenvalue weighted by molar-refractivity contribution is 0.0748. The Morgan fingerprint density at radius 3 is 2.00 bits per heavy atom. The minimum atomic E-state index is 0.148. The van der Waals surface area contributed by atoms with Gasteiger partial charge in [-0.2, -0.15) is 0 Å². The number of aliphatic hydroxyl groups is 1. The Labute approximate surface area is 116 Å². The summed E-state index contributed by atoms with van der Waals surface area (Å²) in [6, 6.07) is 8.88. The van der Waals surface area contributed by atoms with E-state index >= 15 is 0 Å². The SMILES string of the molecule is CC(C)c1ccc(C(CO)N2CCN(C)CC2)cc1. The Kier molecular flexibility index (Phi) is 4.97. The average molecular weight is 262 g/mol. The molecule has 1 unspecified atom stereocenters. The third-order valence-electron chi connectivity index (χ3n) is 4.14. The molecular weight excluding hydrogens is 236 g/mol. The fraction of sp³-hybridized carbons (Fsp3) is 0.625. The maximum absolute atomic E-state index is 9.72. The van der Waals surface area contributed by atoms with Gasteiger partial charge in [0, 0.05) is 26.2 Å².